The Morgan fingerprint density at radius 1 is 1.18 bits per heavy atom. The van der Waals surface area contributed by atoms with Gasteiger partial charge in [0.2, 0.25) is 5.91 Å². The average Bonchev–Trinajstić information content (AvgIpc) is 2.82. The largest absolute Gasteiger partial charge is 0.477 e. The molecule has 22 heavy (non-hydrogen) atoms. The first-order valence-corrected chi connectivity index (χ1v) is 7.58. The molecular formula is C17H17NO3S. The van der Waals surface area contributed by atoms with Crippen molar-refractivity contribution in [1.29, 1.82) is 0 Å². The molecule has 2 N–H and O–H groups in total. The second-order valence-corrected chi connectivity index (χ2v) is 6.29. The highest BCUT2D eigenvalue weighted by Gasteiger charge is 2.17. The van der Waals surface area contributed by atoms with Gasteiger partial charge in [-0.15, -0.1) is 11.3 Å². The van der Waals surface area contributed by atoms with Gasteiger partial charge in [0.1, 0.15) is 4.88 Å². The molecule has 0 atom stereocenters. The predicted molar refractivity (Wildman–Crippen MR) is 89.5 cm³/mol. The highest BCUT2D eigenvalue weighted by atomic mass is 32.1. The van der Waals surface area contributed by atoms with Crippen LogP contribution in [0.2, 0.25) is 0 Å². The van der Waals surface area contributed by atoms with E-state index in [0.29, 0.717) is 5.69 Å². The summed E-state index contributed by atoms with van der Waals surface area (Å²) < 4.78 is 0. The lowest BCUT2D eigenvalue weighted by Crippen LogP contribution is -2.10. The summed E-state index contributed by atoms with van der Waals surface area (Å²) in [5.74, 6) is -1.37. The van der Waals surface area contributed by atoms with Gasteiger partial charge in [0, 0.05) is 11.0 Å². The first kappa shape index (κ1) is 16.0. The molecule has 1 aromatic heterocycles. The Morgan fingerprint density at radius 2 is 1.82 bits per heavy atom. The van der Waals surface area contributed by atoms with Crippen LogP contribution >= 0.6 is 11.3 Å². The molecule has 0 radical (unpaired) electrons. The Balaban J connectivity index is 2.37. The van der Waals surface area contributed by atoms with E-state index < -0.39 is 5.97 Å². The van der Waals surface area contributed by atoms with Gasteiger partial charge in [0.15, 0.2) is 0 Å². The molecular weight excluding hydrogens is 298 g/mol. The number of allylic oxidation sites excluding steroid dienone is 1. The fourth-order valence-corrected chi connectivity index (χ4v) is 2.89. The number of hydrogen-bond donors (Lipinski definition) is 2. The molecule has 0 aliphatic carbocycles. The minimum atomic E-state index is -1.05. The topological polar surface area (TPSA) is 66.4 Å². The van der Waals surface area contributed by atoms with Crippen LogP contribution in [0.5, 0.6) is 0 Å². The number of rotatable bonds is 4. The molecule has 0 aliphatic rings. The van der Waals surface area contributed by atoms with Gasteiger partial charge in [-0.3, -0.25) is 4.79 Å². The van der Waals surface area contributed by atoms with E-state index in [0.717, 1.165) is 32.9 Å². The van der Waals surface area contributed by atoms with Crippen LogP contribution in [0.25, 0.3) is 10.4 Å². The summed E-state index contributed by atoms with van der Waals surface area (Å²) in [7, 11) is 0. The Bertz CT molecular complexity index is 738. The number of benzene rings is 1. The zero-order chi connectivity index (χ0) is 16.3. The minimum absolute atomic E-state index is 0.131. The molecule has 0 saturated carbocycles. The van der Waals surface area contributed by atoms with Crippen molar-refractivity contribution in [2.75, 3.05) is 5.32 Å². The highest BCUT2D eigenvalue weighted by molar-refractivity contribution is 7.18. The van der Waals surface area contributed by atoms with E-state index in [1.165, 1.54) is 6.08 Å². The van der Waals surface area contributed by atoms with Crippen molar-refractivity contribution in [1.82, 2.24) is 0 Å². The number of carboxylic acids is 1. The Hall–Kier alpha value is -2.40. The zero-order valence-electron chi connectivity index (χ0n) is 12.6. The monoisotopic (exact) mass is 315 g/mol. The van der Waals surface area contributed by atoms with Gasteiger partial charge in [-0.25, -0.2) is 4.79 Å². The maximum absolute atomic E-state index is 11.8. The van der Waals surface area contributed by atoms with Crippen LogP contribution in [0.15, 0.2) is 42.0 Å². The van der Waals surface area contributed by atoms with Crippen LogP contribution < -0.4 is 5.32 Å². The number of thiophene rings is 1. The quantitative estimate of drug-likeness (QED) is 0.825. The van der Waals surface area contributed by atoms with E-state index in [9.17, 15) is 14.7 Å². The summed E-state index contributed by atoms with van der Waals surface area (Å²) in [4.78, 5) is 24.1. The van der Waals surface area contributed by atoms with Gasteiger partial charge < -0.3 is 10.4 Å². The molecule has 1 amide bonds. The standard InChI is InChI=1S/C17H17NO3S/c1-10(2)8-15(19)18-13-9-14(22-16(13)17(20)21)12-6-4-11(3)5-7-12/h4-9H,1-3H3,(H,18,19)(H,20,21). The summed E-state index contributed by atoms with van der Waals surface area (Å²) in [5.41, 5.74) is 3.25. The number of amides is 1. The Kier molecular flexibility index (Phi) is 4.78. The smallest absolute Gasteiger partial charge is 0.348 e. The number of anilines is 1. The highest BCUT2D eigenvalue weighted by Crippen LogP contribution is 2.35. The van der Waals surface area contributed by atoms with Crippen molar-refractivity contribution in [3.63, 3.8) is 0 Å². The number of carbonyl (C=O) groups is 2. The Morgan fingerprint density at radius 3 is 2.36 bits per heavy atom. The number of hydrogen-bond acceptors (Lipinski definition) is 3. The van der Waals surface area contributed by atoms with E-state index in [-0.39, 0.29) is 10.8 Å². The molecule has 4 nitrogen and oxygen atoms in total. The van der Waals surface area contributed by atoms with Crippen LogP contribution in [0.4, 0.5) is 5.69 Å². The third-order valence-electron chi connectivity index (χ3n) is 2.94. The van der Waals surface area contributed by atoms with Gasteiger partial charge in [0.25, 0.3) is 0 Å². The van der Waals surface area contributed by atoms with Crippen LogP contribution in [-0.4, -0.2) is 17.0 Å². The molecule has 0 unspecified atom stereocenters. The molecule has 0 fully saturated rings. The number of carbonyl (C=O) groups excluding carboxylic acids is 1. The van der Waals surface area contributed by atoms with E-state index in [1.807, 2.05) is 45.0 Å². The average molecular weight is 315 g/mol. The van der Waals surface area contributed by atoms with Crippen LogP contribution in [0, 0.1) is 6.92 Å². The van der Waals surface area contributed by atoms with Gasteiger partial charge in [-0.1, -0.05) is 35.4 Å². The van der Waals surface area contributed by atoms with Gasteiger partial charge in [-0.05, 0) is 32.4 Å². The van der Waals surface area contributed by atoms with E-state index in [2.05, 4.69) is 5.32 Å². The lowest BCUT2D eigenvalue weighted by Gasteiger charge is -2.01. The molecule has 114 valence electrons. The van der Waals surface area contributed by atoms with E-state index in [4.69, 9.17) is 0 Å². The SMILES string of the molecule is CC(C)=CC(=O)Nc1cc(-c2ccc(C)cc2)sc1C(=O)O. The maximum Gasteiger partial charge on any atom is 0.348 e. The molecule has 0 bridgehead atoms. The molecule has 5 heteroatoms. The summed E-state index contributed by atoms with van der Waals surface area (Å²) >= 11 is 1.15. The lowest BCUT2D eigenvalue weighted by atomic mass is 10.1. The zero-order valence-corrected chi connectivity index (χ0v) is 13.5. The number of nitrogens with one attached hydrogen (secondary N) is 1. The third-order valence-corrected chi connectivity index (χ3v) is 4.11. The molecule has 0 spiro atoms. The molecule has 1 heterocycles. The van der Waals surface area contributed by atoms with Crippen LogP contribution in [-0.2, 0) is 4.79 Å². The number of aryl methyl sites for hydroxylation is 1. The fraction of sp³-hybridized carbons (Fsp3) is 0.176. The fourth-order valence-electron chi connectivity index (χ4n) is 1.93. The normalized spacial score (nSPS) is 10.1. The Labute approximate surface area is 133 Å². The van der Waals surface area contributed by atoms with Crippen molar-refractivity contribution in [3.8, 4) is 10.4 Å². The van der Waals surface area contributed by atoms with Crippen molar-refractivity contribution in [3.05, 3.63) is 52.4 Å². The summed E-state index contributed by atoms with van der Waals surface area (Å²) in [5, 5.41) is 11.9. The van der Waals surface area contributed by atoms with Crippen molar-refractivity contribution < 1.29 is 14.7 Å². The van der Waals surface area contributed by atoms with Gasteiger partial charge in [0.05, 0.1) is 5.69 Å². The second-order valence-electron chi connectivity index (χ2n) is 5.24. The molecule has 2 aromatic rings. The molecule has 2 rings (SSSR count). The summed E-state index contributed by atoms with van der Waals surface area (Å²) in [6, 6.07) is 9.52. The lowest BCUT2D eigenvalue weighted by molar-refractivity contribution is -0.111. The van der Waals surface area contributed by atoms with Gasteiger partial charge >= 0.3 is 5.97 Å². The predicted octanol–water partition coefficient (Wildman–Crippen LogP) is 4.33. The van der Waals surface area contributed by atoms with Crippen LogP contribution in [0.1, 0.15) is 29.1 Å². The first-order chi connectivity index (χ1) is 10.4. The molecule has 0 aliphatic heterocycles. The first-order valence-electron chi connectivity index (χ1n) is 6.77. The maximum atomic E-state index is 11.8. The van der Waals surface area contributed by atoms with E-state index in [1.54, 1.807) is 6.07 Å². The number of aromatic carboxylic acids is 1. The minimum Gasteiger partial charge on any atom is -0.477 e. The van der Waals surface area contributed by atoms with Crippen molar-refractivity contribution >= 4 is 28.9 Å². The number of carboxylic acid groups (broad SMARTS) is 1. The molecule has 1 aromatic carbocycles. The molecule has 0 saturated heterocycles. The third kappa shape index (κ3) is 3.83. The summed E-state index contributed by atoms with van der Waals surface area (Å²) in [6.07, 6.45) is 1.44. The van der Waals surface area contributed by atoms with Gasteiger partial charge in [-0.2, -0.15) is 0 Å². The van der Waals surface area contributed by atoms with E-state index >= 15 is 0 Å². The van der Waals surface area contributed by atoms with Crippen LogP contribution in [0.3, 0.4) is 0 Å². The second kappa shape index (κ2) is 6.58. The van der Waals surface area contributed by atoms with Crippen molar-refractivity contribution in [2.45, 2.75) is 20.8 Å². The van der Waals surface area contributed by atoms with Crippen molar-refractivity contribution in [2.24, 2.45) is 0 Å². The summed E-state index contributed by atoms with van der Waals surface area (Å²) in [6.45, 7) is 5.61.